The van der Waals surface area contributed by atoms with E-state index >= 15 is 0 Å². The van der Waals surface area contributed by atoms with Gasteiger partial charge in [0.25, 0.3) is 0 Å². The molecule has 1 heterocycles. The zero-order chi connectivity index (χ0) is 20.9. The molecule has 30 heavy (non-hydrogen) atoms. The summed E-state index contributed by atoms with van der Waals surface area (Å²) in [6, 6.07) is 28.0. The topological polar surface area (TPSA) is 66.6 Å². The van der Waals surface area contributed by atoms with E-state index in [0.29, 0.717) is 13.0 Å². The van der Waals surface area contributed by atoms with Gasteiger partial charge in [-0.3, -0.25) is 9.59 Å². The van der Waals surface area contributed by atoms with Crippen molar-refractivity contribution < 1.29 is 9.59 Å². The van der Waals surface area contributed by atoms with Crippen LogP contribution < -0.4 is 10.6 Å². The summed E-state index contributed by atoms with van der Waals surface area (Å²) in [7, 11) is 0. The van der Waals surface area contributed by atoms with Gasteiger partial charge in [-0.15, -0.1) is 0 Å². The highest BCUT2D eigenvalue weighted by molar-refractivity contribution is 5.99. The molecule has 2 N–H and O–H groups in total. The minimum absolute atomic E-state index is 0.0447. The molecule has 0 saturated carbocycles. The van der Waals surface area contributed by atoms with E-state index in [1.807, 2.05) is 72.8 Å². The molecule has 0 spiro atoms. The fourth-order valence-corrected chi connectivity index (χ4v) is 3.97. The maximum absolute atomic E-state index is 13.0. The summed E-state index contributed by atoms with van der Waals surface area (Å²) in [6.07, 6.45) is 0.675. The molecular weight excluding hydrogens is 374 g/mol. The summed E-state index contributed by atoms with van der Waals surface area (Å²) in [5.41, 5.74) is 9.75. The molecule has 0 unspecified atom stereocenters. The van der Waals surface area contributed by atoms with Gasteiger partial charge in [0, 0.05) is 12.2 Å². The largest absolute Gasteiger partial charge is 0.327 e. The van der Waals surface area contributed by atoms with Gasteiger partial charge >= 0.3 is 0 Å². The van der Waals surface area contributed by atoms with Crippen molar-refractivity contribution in [1.82, 2.24) is 4.90 Å². The van der Waals surface area contributed by atoms with Crippen LogP contribution in [0.5, 0.6) is 0 Å². The fraction of sp³-hybridized carbons (Fsp3) is 0.200. The van der Waals surface area contributed by atoms with Crippen LogP contribution in [0.1, 0.15) is 5.56 Å². The van der Waals surface area contributed by atoms with Crippen molar-refractivity contribution in [3.63, 3.8) is 0 Å². The number of piperazine rings is 1. The van der Waals surface area contributed by atoms with Crippen molar-refractivity contribution in [3.05, 3.63) is 90.5 Å². The van der Waals surface area contributed by atoms with E-state index in [-0.39, 0.29) is 30.9 Å². The van der Waals surface area contributed by atoms with Crippen molar-refractivity contribution in [3.8, 4) is 11.1 Å². The van der Waals surface area contributed by atoms with Crippen LogP contribution >= 0.6 is 0 Å². The first kappa shape index (κ1) is 19.9. The first-order valence-electron chi connectivity index (χ1n) is 10.1. The summed E-state index contributed by atoms with van der Waals surface area (Å²) in [6.45, 7) is 0.392. The maximum Gasteiger partial charge on any atom is 0.246 e. The first-order chi connectivity index (χ1) is 14.7. The number of hydrogen-bond donors (Lipinski definition) is 1. The highest BCUT2D eigenvalue weighted by Gasteiger charge is 2.35. The molecule has 5 heteroatoms. The molecule has 0 aromatic heterocycles. The number of carbonyl (C=O) groups is 2. The van der Waals surface area contributed by atoms with Gasteiger partial charge in [0.05, 0.1) is 12.6 Å². The van der Waals surface area contributed by atoms with Gasteiger partial charge in [0.1, 0.15) is 6.54 Å². The van der Waals surface area contributed by atoms with Crippen LogP contribution in [0.4, 0.5) is 5.69 Å². The predicted octanol–water partition coefficient (Wildman–Crippen LogP) is 3.10. The Morgan fingerprint density at radius 3 is 2.27 bits per heavy atom. The van der Waals surface area contributed by atoms with Crippen molar-refractivity contribution in [1.29, 1.82) is 0 Å². The Kier molecular flexibility index (Phi) is 5.91. The molecule has 3 aromatic rings. The third-order valence-corrected chi connectivity index (χ3v) is 5.51. The lowest BCUT2D eigenvalue weighted by molar-refractivity contribution is -0.138. The lowest BCUT2D eigenvalue weighted by Crippen LogP contribution is -2.60. The minimum atomic E-state index is -0.193. The van der Waals surface area contributed by atoms with E-state index in [1.54, 1.807) is 9.80 Å². The second-order valence-corrected chi connectivity index (χ2v) is 7.49. The van der Waals surface area contributed by atoms with Crippen LogP contribution in [0.15, 0.2) is 84.9 Å². The normalized spacial score (nSPS) is 16.6. The second-order valence-electron chi connectivity index (χ2n) is 7.49. The Balaban J connectivity index is 1.62. The SMILES string of the molecule is NCC(=O)N1CC(=O)N(c2cccc(-c3ccccc3)c2)C[C@@H]1Cc1ccccc1. The predicted molar refractivity (Wildman–Crippen MR) is 119 cm³/mol. The number of carbonyl (C=O) groups excluding carboxylic acids is 2. The highest BCUT2D eigenvalue weighted by atomic mass is 16.2. The zero-order valence-electron chi connectivity index (χ0n) is 16.8. The lowest BCUT2D eigenvalue weighted by atomic mass is 10.00. The number of anilines is 1. The molecule has 2 amide bonds. The van der Waals surface area contributed by atoms with Gasteiger partial charge in [0.2, 0.25) is 11.8 Å². The number of benzene rings is 3. The van der Waals surface area contributed by atoms with Crippen LogP contribution in [0.25, 0.3) is 11.1 Å². The molecule has 0 bridgehead atoms. The molecule has 152 valence electrons. The molecule has 4 rings (SSSR count). The molecule has 1 aliphatic heterocycles. The Labute approximate surface area is 176 Å². The number of hydrogen-bond acceptors (Lipinski definition) is 3. The van der Waals surface area contributed by atoms with Crippen LogP contribution in [0.2, 0.25) is 0 Å². The summed E-state index contributed by atoms with van der Waals surface area (Å²) < 4.78 is 0. The Hall–Kier alpha value is -3.44. The van der Waals surface area contributed by atoms with Crippen molar-refractivity contribution in [2.45, 2.75) is 12.5 Å². The van der Waals surface area contributed by atoms with Crippen molar-refractivity contribution in [2.24, 2.45) is 5.73 Å². The Morgan fingerprint density at radius 1 is 0.900 bits per heavy atom. The quantitative estimate of drug-likeness (QED) is 0.717. The first-order valence-corrected chi connectivity index (χ1v) is 10.1. The van der Waals surface area contributed by atoms with Crippen LogP contribution in [-0.4, -0.2) is 42.4 Å². The monoisotopic (exact) mass is 399 g/mol. The molecule has 0 radical (unpaired) electrons. The maximum atomic E-state index is 13.0. The molecule has 1 aliphatic rings. The third-order valence-electron chi connectivity index (χ3n) is 5.51. The van der Waals surface area contributed by atoms with Crippen LogP contribution in [0, 0.1) is 0 Å². The van der Waals surface area contributed by atoms with Gasteiger partial charge in [0.15, 0.2) is 0 Å². The molecule has 1 atom stereocenters. The lowest BCUT2D eigenvalue weighted by Gasteiger charge is -2.41. The van der Waals surface area contributed by atoms with Gasteiger partial charge in [-0.2, -0.15) is 0 Å². The van der Waals surface area contributed by atoms with E-state index < -0.39 is 0 Å². The molecule has 3 aromatic carbocycles. The number of nitrogens with two attached hydrogens (primary N) is 1. The van der Waals surface area contributed by atoms with Crippen LogP contribution in [-0.2, 0) is 16.0 Å². The van der Waals surface area contributed by atoms with E-state index in [2.05, 4.69) is 12.1 Å². The summed E-state index contributed by atoms with van der Waals surface area (Å²) in [5.74, 6) is -0.284. The van der Waals surface area contributed by atoms with Crippen LogP contribution in [0.3, 0.4) is 0 Å². The number of amides is 2. The molecular formula is C25H25N3O2. The number of rotatable bonds is 5. The van der Waals surface area contributed by atoms with Crippen molar-refractivity contribution >= 4 is 17.5 Å². The Morgan fingerprint density at radius 2 is 1.57 bits per heavy atom. The van der Waals surface area contributed by atoms with Gasteiger partial charge in [-0.05, 0) is 35.2 Å². The van der Waals surface area contributed by atoms with Crippen molar-refractivity contribution in [2.75, 3.05) is 24.5 Å². The van der Waals surface area contributed by atoms with E-state index in [0.717, 1.165) is 22.4 Å². The fourth-order valence-electron chi connectivity index (χ4n) is 3.97. The molecule has 5 nitrogen and oxygen atoms in total. The Bertz CT molecular complexity index is 1020. The average molecular weight is 399 g/mol. The smallest absolute Gasteiger partial charge is 0.246 e. The third kappa shape index (κ3) is 4.26. The van der Waals surface area contributed by atoms with E-state index in [1.165, 1.54) is 0 Å². The highest BCUT2D eigenvalue weighted by Crippen LogP contribution is 2.27. The number of nitrogens with zero attached hydrogens (tertiary/aromatic N) is 2. The van der Waals surface area contributed by atoms with Gasteiger partial charge in [-0.25, -0.2) is 0 Å². The van der Waals surface area contributed by atoms with E-state index in [4.69, 9.17) is 5.73 Å². The summed E-state index contributed by atoms with van der Waals surface area (Å²) in [4.78, 5) is 28.8. The average Bonchev–Trinajstić information content (AvgIpc) is 2.81. The molecule has 1 fully saturated rings. The standard InChI is InChI=1S/C25H25N3O2/c26-16-24(29)28-18-25(30)27(17-23(28)14-19-8-3-1-4-9-19)22-13-7-12-21(15-22)20-10-5-2-6-11-20/h1-13,15,23H,14,16-18,26H2/t23-/m0/s1. The summed E-state index contributed by atoms with van der Waals surface area (Å²) in [5, 5.41) is 0. The van der Waals surface area contributed by atoms with Gasteiger partial charge < -0.3 is 15.5 Å². The zero-order valence-corrected chi connectivity index (χ0v) is 16.8. The minimum Gasteiger partial charge on any atom is -0.327 e. The van der Waals surface area contributed by atoms with E-state index in [9.17, 15) is 9.59 Å². The second kappa shape index (κ2) is 8.93. The van der Waals surface area contributed by atoms with Gasteiger partial charge in [-0.1, -0.05) is 72.8 Å². The molecule has 1 saturated heterocycles. The molecule has 0 aliphatic carbocycles. The summed E-state index contributed by atoms with van der Waals surface area (Å²) >= 11 is 0.